The number of allylic oxidation sites excluding steroid dienone is 2. The Kier molecular flexibility index (Phi) is 4.55. The quantitative estimate of drug-likeness (QED) is 0.824. The van der Waals surface area contributed by atoms with Gasteiger partial charge in [0.15, 0.2) is 0 Å². The van der Waals surface area contributed by atoms with Gasteiger partial charge in [0.25, 0.3) is 0 Å². The van der Waals surface area contributed by atoms with Crippen molar-refractivity contribution >= 4 is 11.7 Å². The maximum Gasteiger partial charge on any atom is 0.220 e. The van der Waals surface area contributed by atoms with Gasteiger partial charge in [0, 0.05) is 33.3 Å². The molecule has 0 fully saturated rings. The van der Waals surface area contributed by atoms with Crippen LogP contribution in [0.4, 0.5) is 5.82 Å². The molecule has 0 spiro atoms. The van der Waals surface area contributed by atoms with Crippen LogP contribution in [-0.2, 0) is 11.3 Å². The number of anilines is 1. The van der Waals surface area contributed by atoms with Crippen LogP contribution in [0.15, 0.2) is 30.5 Å². The van der Waals surface area contributed by atoms with Crippen LogP contribution in [-0.4, -0.2) is 25.0 Å². The predicted octanol–water partition coefficient (Wildman–Crippen LogP) is 2.12. The SMILES string of the molecule is CN(C)c1ccc(CNC(=O)CC2C=CCC2)cn1. The number of nitrogens with one attached hydrogen (secondary N) is 1. The van der Waals surface area contributed by atoms with E-state index in [1.807, 2.05) is 37.3 Å². The summed E-state index contributed by atoms with van der Waals surface area (Å²) in [6.07, 6.45) is 8.92. The van der Waals surface area contributed by atoms with Crippen molar-refractivity contribution in [1.29, 1.82) is 0 Å². The minimum absolute atomic E-state index is 0.119. The van der Waals surface area contributed by atoms with Crippen LogP contribution < -0.4 is 10.2 Å². The van der Waals surface area contributed by atoms with Crippen molar-refractivity contribution in [3.05, 3.63) is 36.0 Å². The number of hydrogen-bond acceptors (Lipinski definition) is 3. The Balaban J connectivity index is 1.78. The number of aromatic nitrogens is 1. The van der Waals surface area contributed by atoms with Gasteiger partial charge in [-0.2, -0.15) is 0 Å². The molecular formula is C15H21N3O. The highest BCUT2D eigenvalue weighted by Crippen LogP contribution is 2.20. The van der Waals surface area contributed by atoms with E-state index in [1.165, 1.54) is 0 Å². The lowest BCUT2D eigenvalue weighted by atomic mass is 10.1. The standard InChI is InChI=1S/C15H21N3O/c1-18(2)14-8-7-13(10-16-14)11-17-15(19)9-12-5-3-4-6-12/h3,5,7-8,10,12H,4,6,9,11H2,1-2H3,(H,17,19). The van der Waals surface area contributed by atoms with Crippen LogP contribution in [0.5, 0.6) is 0 Å². The molecule has 1 unspecified atom stereocenters. The van der Waals surface area contributed by atoms with Gasteiger partial charge in [0.05, 0.1) is 0 Å². The molecule has 0 aromatic carbocycles. The van der Waals surface area contributed by atoms with E-state index in [0.717, 1.165) is 24.2 Å². The molecule has 1 aliphatic rings. The van der Waals surface area contributed by atoms with Crippen LogP contribution >= 0.6 is 0 Å². The first-order valence-corrected chi connectivity index (χ1v) is 6.71. The summed E-state index contributed by atoms with van der Waals surface area (Å²) in [5.74, 6) is 1.47. The van der Waals surface area contributed by atoms with Gasteiger partial charge in [-0.05, 0) is 30.4 Å². The van der Waals surface area contributed by atoms with E-state index >= 15 is 0 Å². The molecule has 1 aromatic rings. The summed E-state index contributed by atoms with van der Waals surface area (Å²) in [5, 5.41) is 2.95. The molecule has 2 rings (SSSR count). The molecule has 102 valence electrons. The maximum absolute atomic E-state index is 11.8. The molecular weight excluding hydrogens is 238 g/mol. The molecule has 0 saturated carbocycles. The maximum atomic E-state index is 11.8. The molecule has 1 atom stereocenters. The molecule has 4 nitrogen and oxygen atoms in total. The van der Waals surface area contributed by atoms with E-state index in [1.54, 1.807) is 0 Å². The molecule has 0 radical (unpaired) electrons. The number of nitrogens with zero attached hydrogens (tertiary/aromatic N) is 2. The molecule has 0 aliphatic heterocycles. The fourth-order valence-electron chi connectivity index (χ4n) is 2.16. The van der Waals surface area contributed by atoms with Gasteiger partial charge < -0.3 is 10.2 Å². The highest BCUT2D eigenvalue weighted by Gasteiger charge is 2.13. The lowest BCUT2D eigenvalue weighted by Crippen LogP contribution is -2.24. The molecule has 4 heteroatoms. The summed E-state index contributed by atoms with van der Waals surface area (Å²) in [5.41, 5.74) is 1.03. The number of pyridine rings is 1. The van der Waals surface area contributed by atoms with E-state index in [4.69, 9.17) is 0 Å². The van der Waals surface area contributed by atoms with Gasteiger partial charge in [-0.25, -0.2) is 4.98 Å². The summed E-state index contributed by atoms with van der Waals surface area (Å²) in [7, 11) is 3.91. The Bertz CT molecular complexity index is 451. The second-order valence-electron chi connectivity index (χ2n) is 5.17. The first kappa shape index (κ1) is 13.6. The fourth-order valence-corrected chi connectivity index (χ4v) is 2.16. The van der Waals surface area contributed by atoms with Crippen molar-refractivity contribution in [2.75, 3.05) is 19.0 Å². The second-order valence-corrected chi connectivity index (χ2v) is 5.17. The van der Waals surface area contributed by atoms with Gasteiger partial charge in [0.2, 0.25) is 5.91 Å². The topological polar surface area (TPSA) is 45.2 Å². The third-order valence-electron chi connectivity index (χ3n) is 3.32. The van der Waals surface area contributed by atoms with Crippen LogP contribution in [0.1, 0.15) is 24.8 Å². The Labute approximate surface area is 114 Å². The van der Waals surface area contributed by atoms with Crippen LogP contribution in [0.2, 0.25) is 0 Å². The van der Waals surface area contributed by atoms with Crippen LogP contribution in [0.25, 0.3) is 0 Å². The van der Waals surface area contributed by atoms with Gasteiger partial charge in [-0.15, -0.1) is 0 Å². The smallest absolute Gasteiger partial charge is 0.220 e. The molecule has 1 heterocycles. The van der Waals surface area contributed by atoms with Gasteiger partial charge in [-0.1, -0.05) is 18.2 Å². The van der Waals surface area contributed by atoms with Crippen molar-refractivity contribution in [2.24, 2.45) is 5.92 Å². The normalized spacial score (nSPS) is 17.5. The van der Waals surface area contributed by atoms with Crippen molar-refractivity contribution < 1.29 is 4.79 Å². The number of rotatable bonds is 5. The van der Waals surface area contributed by atoms with Crippen molar-refractivity contribution in [2.45, 2.75) is 25.8 Å². The summed E-state index contributed by atoms with van der Waals surface area (Å²) in [6, 6.07) is 3.96. The van der Waals surface area contributed by atoms with Gasteiger partial charge >= 0.3 is 0 Å². The molecule has 0 bridgehead atoms. The number of carbonyl (C=O) groups is 1. The second kappa shape index (κ2) is 6.36. The lowest BCUT2D eigenvalue weighted by Gasteiger charge is -2.12. The minimum Gasteiger partial charge on any atom is -0.363 e. The molecule has 19 heavy (non-hydrogen) atoms. The summed E-state index contributed by atoms with van der Waals surface area (Å²) >= 11 is 0. The summed E-state index contributed by atoms with van der Waals surface area (Å²) < 4.78 is 0. The third-order valence-corrected chi connectivity index (χ3v) is 3.32. The number of carbonyl (C=O) groups excluding carboxylic acids is 1. The van der Waals surface area contributed by atoms with E-state index in [0.29, 0.717) is 18.9 Å². The van der Waals surface area contributed by atoms with E-state index in [9.17, 15) is 4.79 Å². The molecule has 1 aliphatic carbocycles. The van der Waals surface area contributed by atoms with Gasteiger partial charge in [0.1, 0.15) is 5.82 Å². The Morgan fingerprint density at radius 3 is 2.89 bits per heavy atom. The Morgan fingerprint density at radius 1 is 1.47 bits per heavy atom. The Morgan fingerprint density at radius 2 is 2.32 bits per heavy atom. The van der Waals surface area contributed by atoms with E-state index < -0.39 is 0 Å². The van der Waals surface area contributed by atoms with Gasteiger partial charge in [-0.3, -0.25) is 4.79 Å². The predicted molar refractivity (Wildman–Crippen MR) is 76.9 cm³/mol. The lowest BCUT2D eigenvalue weighted by molar-refractivity contribution is -0.121. The number of amides is 1. The first-order chi connectivity index (χ1) is 9.15. The van der Waals surface area contributed by atoms with Crippen molar-refractivity contribution in [1.82, 2.24) is 10.3 Å². The number of hydrogen-bond donors (Lipinski definition) is 1. The highest BCUT2D eigenvalue weighted by atomic mass is 16.1. The molecule has 1 N–H and O–H groups in total. The summed E-state index contributed by atoms with van der Waals surface area (Å²) in [4.78, 5) is 18.0. The zero-order valence-corrected chi connectivity index (χ0v) is 11.6. The zero-order chi connectivity index (χ0) is 13.7. The van der Waals surface area contributed by atoms with Crippen LogP contribution in [0.3, 0.4) is 0 Å². The molecule has 1 amide bonds. The van der Waals surface area contributed by atoms with Crippen LogP contribution in [0, 0.1) is 5.92 Å². The average Bonchev–Trinajstić information content (AvgIpc) is 2.89. The molecule has 1 aromatic heterocycles. The average molecular weight is 259 g/mol. The fraction of sp³-hybridized carbons (Fsp3) is 0.467. The van der Waals surface area contributed by atoms with E-state index in [2.05, 4.69) is 22.5 Å². The monoisotopic (exact) mass is 259 g/mol. The third kappa shape index (κ3) is 4.09. The van der Waals surface area contributed by atoms with E-state index in [-0.39, 0.29) is 5.91 Å². The van der Waals surface area contributed by atoms with Crippen molar-refractivity contribution in [3.8, 4) is 0 Å². The minimum atomic E-state index is 0.119. The largest absolute Gasteiger partial charge is 0.363 e. The van der Waals surface area contributed by atoms with Crippen molar-refractivity contribution in [3.63, 3.8) is 0 Å². The Hall–Kier alpha value is -1.84. The highest BCUT2D eigenvalue weighted by molar-refractivity contribution is 5.76. The first-order valence-electron chi connectivity index (χ1n) is 6.71. The zero-order valence-electron chi connectivity index (χ0n) is 11.6. The summed E-state index contributed by atoms with van der Waals surface area (Å²) in [6.45, 7) is 0.552. The molecule has 0 saturated heterocycles.